The lowest BCUT2D eigenvalue weighted by Gasteiger charge is -2.14. The Kier molecular flexibility index (Phi) is 36.7. The standard InChI is InChI=1S/C56H94O3S/c1-4-7-9-11-13-15-17-19-21-23-25-27-29-31-33-35-37-47-58-55-46-40-51(39-45-54(57)52-41-43-53(44-42-52)60-49-6-3)50-56(55)59-48-38-36-34-32-30-28-26-24-22-20-18-16-14-12-10-8-5-2/h39-46,50H,4-38,47-49H2,1-3H3/b45-39+. The minimum absolute atomic E-state index is 0.0205. The van der Waals surface area contributed by atoms with E-state index in [9.17, 15) is 4.79 Å². The van der Waals surface area contributed by atoms with Crippen LogP contribution in [0, 0.1) is 0 Å². The first-order valence-electron chi connectivity index (χ1n) is 26.0. The number of thioether (sulfide) groups is 1. The number of hydrogen-bond donors (Lipinski definition) is 0. The largest absolute Gasteiger partial charge is 0.490 e. The van der Waals surface area contributed by atoms with Gasteiger partial charge in [0.25, 0.3) is 0 Å². The molecule has 342 valence electrons. The molecule has 0 unspecified atom stereocenters. The number of rotatable bonds is 44. The van der Waals surface area contributed by atoms with E-state index < -0.39 is 0 Å². The lowest BCUT2D eigenvalue weighted by molar-refractivity contribution is 0.104. The van der Waals surface area contributed by atoms with Crippen molar-refractivity contribution in [3.05, 3.63) is 59.7 Å². The molecule has 4 heteroatoms. The van der Waals surface area contributed by atoms with Crippen molar-refractivity contribution >= 4 is 23.6 Å². The van der Waals surface area contributed by atoms with Gasteiger partial charge in [-0.05, 0) is 73.1 Å². The van der Waals surface area contributed by atoms with Crippen LogP contribution in [0.5, 0.6) is 11.5 Å². The van der Waals surface area contributed by atoms with Crippen molar-refractivity contribution in [2.45, 2.75) is 250 Å². The summed E-state index contributed by atoms with van der Waals surface area (Å²) in [4.78, 5) is 14.2. The fraction of sp³-hybridized carbons (Fsp3) is 0.732. The summed E-state index contributed by atoms with van der Waals surface area (Å²) in [6.07, 6.45) is 51.4. The van der Waals surface area contributed by atoms with Gasteiger partial charge in [-0.15, -0.1) is 11.8 Å². The molecule has 0 aromatic heterocycles. The average molecular weight is 847 g/mol. The molecule has 0 N–H and O–H groups in total. The Bertz CT molecular complexity index is 1270. The van der Waals surface area contributed by atoms with Crippen molar-refractivity contribution in [1.82, 2.24) is 0 Å². The predicted octanol–water partition coefficient (Wildman–Crippen LogP) is 19.1. The van der Waals surface area contributed by atoms with E-state index in [4.69, 9.17) is 9.47 Å². The molecule has 2 aromatic rings. The molecular formula is C56H94O3S. The van der Waals surface area contributed by atoms with Crippen molar-refractivity contribution < 1.29 is 14.3 Å². The van der Waals surface area contributed by atoms with Gasteiger partial charge in [0.1, 0.15) is 0 Å². The zero-order valence-electron chi connectivity index (χ0n) is 39.7. The third-order valence-electron chi connectivity index (χ3n) is 12.0. The number of hydrogen-bond acceptors (Lipinski definition) is 4. The Hall–Kier alpha value is -2.20. The molecule has 2 rings (SSSR count). The number of unbranched alkanes of at least 4 members (excludes halogenated alkanes) is 32. The molecule has 0 aliphatic heterocycles. The van der Waals surface area contributed by atoms with E-state index in [1.807, 2.05) is 48.2 Å². The van der Waals surface area contributed by atoms with Gasteiger partial charge >= 0.3 is 0 Å². The molecule has 0 radical (unpaired) electrons. The number of carbonyl (C=O) groups excluding carboxylic acids is 1. The Morgan fingerprint density at radius 1 is 0.433 bits per heavy atom. The van der Waals surface area contributed by atoms with E-state index >= 15 is 0 Å². The molecule has 3 nitrogen and oxygen atoms in total. The number of allylic oxidation sites excluding steroid dienone is 1. The first kappa shape index (κ1) is 53.9. The Balaban J connectivity index is 1.67. The summed E-state index contributed by atoms with van der Waals surface area (Å²) in [5.74, 6) is 2.73. The summed E-state index contributed by atoms with van der Waals surface area (Å²) in [5.41, 5.74) is 1.68. The van der Waals surface area contributed by atoms with Crippen molar-refractivity contribution in [3.63, 3.8) is 0 Å². The van der Waals surface area contributed by atoms with Crippen LogP contribution >= 0.6 is 11.8 Å². The summed E-state index contributed by atoms with van der Waals surface area (Å²) in [5, 5.41) is 0. The lowest BCUT2D eigenvalue weighted by Crippen LogP contribution is -2.03. The van der Waals surface area contributed by atoms with Crippen LogP contribution in [0.1, 0.15) is 261 Å². The molecule has 0 atom stereocenters. The maximum absolute atomic E-state index is 13.0. The summed E-state index contributed by atoms with van der Waals surface area (Å²) >= 11 is 1.83. The molecule has 0 aliphatic carbocycles. The molecule has 0 saturated heterocycles. The fourth-order valence-corrected chi connectivity index (χ4v) is 8.85. The Morgan fingerprint density at radius 3 is 1.18 bits per heavy atom. The highest BCUT2D eigenvalue weighted by atomic mass is 32.2. The van der Waals surface area contributed by atoms with E-state index in [1.54, 1.807) is 6.08 Å². The highest BCUT2D eigenvalue weighted by Crippen LogP contribution is 2.30. The van der Waals surface area contributed by atoms with Crippen LogP contribution < -0.4 is 9.47 Å². The SMILES string of the molecule is CCCCCCCCCCCCCCCCCCCOc1ccc(/C=C/C(=O)c2ccc(SCCC)cc2)cc1OCCCCCCCCCCCCCCCCCCC. The van der Waals surface area contributed by atoms with E-state index in [0.29, 0.717) is 13.2 Å². The summed E-state index contributed by atoms with van der Waals surface area (Å²) in [7, 11) is 0. The van der Waals surface area contributed by atoms with Gasteiger partial charge in [-0.2, -0.15) is 0 Å². The highest BCUT2D eigenvalue weighted by Gasteiger charge is 2.08. The van der Waals surface area contributed by atoms with Gasteiger partial charge in [-0.1, -0.05) is 238 Å². The van der Waals surface area contributed by atoms with Gasteiger partial charge in [0.15, 0.2) is 17.3 Å². The van der Waals surface area contributed by atoms with Crippen molar-refractivity contribution in [2.24, 2.45) is 0 Å². The van der Waals surface area contributed by atoms with Gasteiger partial charge in [0.2, 0.25) is 0 Å². The second-order valence-corrected chi connectivity index (χ2v) is 19.0. The molecule has 0 saturated carbocycles. The van der Waals surface area contributed by atoms with Gasteiger partial charge in [0.05, 0.1) is 13.2 Å². The molecule has 0 amide bonds. The third kappa shape index (κ3) is 30.8. The molecule has 0 aliphatic rings. The van der Waals surface area contributed by atoms with Crippen LogP contribution in [-0.4, -0.2) is 24.7 Å². The molecule has 60 heavy (non-hydrogen) atoms. The Labute approximate surface area is 376 Å². The van der Waals surface area contributed by atoms with Gasteiger partial charge in [0, 0.05) is 10.5 Å². The zero-order valence-corrected chi connectivity index (χ0v) is 40.5. The second-order valence-electron chi connectivity index (χ2n) is 17.8. The van der Waals surface area contributed by atoms with Crippen LogP contribution in [0.2, 0.25) is 0 Å². The first-order chi connectivity index (χ1) is 29.7. The lowest BCUT2D eigenvalue weighted by atomic mass is 10.0. The van der Waals surface area contributed by atoms with E-state index in [0.717, 1.165) is 47.6 Å². The number of benzene rings is 2. The smallest absolute Gasteiger partial charge is 0.185 e. The van der Waals surface area contributed by atoms with Crippen LogP contribution in [0.15, 0.2) is 53.4 Å². The number of ketones is 1. The third-order valence-corrected chi connectivity index (χ3v) is 13.2. The monoisotopic (exact) mass is 847 g/mol. The zero-order chi connectivity index (χ0) is 42.8. The van der Waals surface area contributed by atoms with Crippen molar-refractivity contribution in [1.29, 1.82) is 0 Å². The van der Waals surface area contributed by atoms with E-state index in [2.05, 4.69) is 32.9 Å². The second kappa shape index (κ2) is 40.8. The molecular weight excluding hydrogens is 753 g/mol. The fourth-order valence-electron chi connectivity index (χ4n) is 8.08. The van der Waals surface area contributed by atoms with Gasteiger partial charge < -0.3 is 9.47 Å². The highest BCUT2D eigenvalue weighted by molar-refractivity contribution is 7.99. The van der Waals surface area contributed by atoms with Crippen LogP contribution in [0.3, 0.4) is 0 Å². The van der Waals surface area contributed by atoms with Crippen molar-refractivity contribution in [3.8, 4) is 11.5 Å². The summed E-state index contributed by atoms with van der Waals surface area (Å²) in [6, 6.07) is 14.1. The van der Waals surface area contributed by atoms with E-state index in [-0.39, 0.29) is 5.78 Å². The van der Waals surface area contributed by atoms with E-state index in [1.165, 1.54) is 210 Å². The van der Waals surface area contributed by atoms with Crippen LogP contribution in [0.4, 0.5) is 0 Å². The minimum Gasteiger partial charge on any atom is -0.490 e. The summed E-state index contributed by atoms with van der Waals surface area (Å²) < 4.78 is 12.7. The summed E-state index contributed by atoms with van der Waals surface area (Å²) in [6.45, 7) is 8.20. The molecule has 0 fully saturated rings. The number of ether oxygens (including phenoxy) is 2. The van der Waals surface area contributed by atoms with Crippen LogP contribution in [-0.2, 0) is 0 Å². The molecule has 0 bridgehead atoms. The van der Waals surface area contributed by atoms with Gasteiger partial charge in [-0.3, -0.25) is 4.79 Å². The number of carbonyl (C=O) groups is 1. The van der Waals surface area contributed by atoms with Crippen LogP contribution in [0.25, 0.3) is 6.08 Å². The average Bonchev–Trinajstić information content (AvgIpc) is 3.27. The first-order valence-corrected chi connectivity index (χ1v) is 27.0. The maximum Gasteiger partial charge on any atom is 0.185 e. The predicted molar refractivity (Wildman–Crippen MR) is 267 cm³/mol. The molecule has 0 spiro atoms. The molecule has 0 heterocycles. The normalized spacial score (nSPS) is 11.5. The minimum atomic E-state index is 0.0205. The molecule has 2 aromatic carbocycles. The topological polar surface area (TPSA) is 35.5 Å². The maximum atomic E-state index is 13.0. The Morgan fingerprint density at radius 2 is 0.800 bits per heavy atom. The van der Waals surface area contributed by atoms with Crippen molar-refractivity contribution in [2.75, 3.05) is 19.0 Å². The quantitative estimate of drug-likeness (QED) is 0.0288. The van der Waals surface area contributed by atoms with Gasteiger partial charge in [-0.25, -0.2) is 0 Å².